The fourth-order valence-electron chi connectivity index (χ4n) is 4.45. The molecule has 1 aromatic rings. The van der Waals surface area contributed by atoms with Gasteiger partial charge in [-0.1, -0.05) is 115 Å². The van der Waals surface area contributed by atoms with Crippen LogP contribution in [0.25, 0.3) is 0 Å². The molecule has 0 nitrogen and oxygen atoms in total. The Morgan fingerprint density at radius 1 is 0.867 bits per heavy atom. The Kier molecular flexibility index (Phi) is 5.93. The van der Waals surface area contributed by atoms with E-state index in [1.54, 1.807) is 0 Å². The number of rotatable bonds is 4. The molecule has 30 heavy (non-hydrogen) atoms. The highest BCUT2D eigenvalue weighted by atomic mass is 14.4. The molecule has 2 aliphatic carbocycles. The highest BCUT2D eigenvalue weighted by Crippen LogP contribution is 2.45. The van der Waals surface area contributed by atoms with E-state index in [0.717, 1.165) is 6.42 Å². The van der Waals surface area contributed by atoms with E-state index in [1.807, 2.05) is 0 Å². The zero-order valence-electron chi connectivity index (χ0n) is 20.6. The van der Waals surface area contributed by atoms with Crippen molar-refractivity contribution in [2.24, 2.45) is 16.7 Å². The number of hydrogen-bond acceptors (Lipinski definition) is 0. The maximum atomic E-state index is 2.49. The summed E-state index contributed by atoms with van der Waals surface area (Å²) in [5.41, 5.74) is 8.60. The lowest BCUT2D eigenvalue weighted by molar-refractivity contribution is 0.352. The van der Waals surface area contributed by atoms with Crippen LogP contribution in [-0.2, 0) is 5.41 Å². The van der Waals surface area contributed by atoms with Gasteiger partial charge in [-0.25, -0.2) is 0 Å². The molecule has 0 amide bonds. The average Bonchev–Trinajstić information content (AvgIpc) is 2.93. The van der Waals surface area contributed by atoms with Crippen LogP contribution in [0.2, 0.25) is 0 Å². The van der Waals surface area contributed by atoms with Gasteiger partial charge in [0, 0.05) is 10.8 Å². The third kappa shape index (κ3) is 4.20. The molecule has 0 aliphatic heterocycles. The summed E-state index contributed by atoms with van der Waals surface area (Å²) in [5.74, 6) is 0.570. The van der Waals surface area contributed by atoms with Gasteiger partial charge in [0.1, 0.15) is 0 Å². The zero-order chi connectivity index (χ0) is 22.3. The minimum atomic E-state index is -0.0129. The molecular weight excluding hydrogens is 360 g/mol. The Morgan fingerprint density at radius 3 is 2.20 bits per heavy atom. The summed E-state index contributed by atoms with van der Waals surface area (Å²) in [6, 6.07) is 6.92. The summed E-state index contributed by atoms with van der Waals surface area (Å²) < 4.78 is 0. The van der Waals surface area contributed by atoms with Crippen LogP contribution in [0, 0.1) is 30.6 Å². The minimum absolute atomic E-state index is 0.0129. The SMILES string of the molecule is Cc1ccc(C(C)(C)C2=CC=C(C(C)(C)C3=CC(C)(C)C(C)C=C3)C=CC2)cc1C. The summed E-state index contributed by atoms with van der Waals surface area (Å²) in [5, 5.41) is 0. The molecule has 2 aliphatic rings. The third-order valence-corrected chi connectivity index (χ3v) is 7.84. The van der Waals surface area contributed by atoms with E-state index in [1.165, 1.54) is 33.4 Å². The van der Waals surface area contributed by atoms with Gasteiger partial charge in [0.25, 0.3) is 0 Å². The Hall–Kier alpha value is -2.08. The first-order valence-electron chi connectivity index (χ1n) is 11.4. The average molecular weight is 401 g/mol. The molecule has 0 fully saturated rings. The number of allylic oxidation sites excluding steroid dienone is 10. The molecule has 0 heterocycles. The van der Waals surface area contributed by atoms with Crippen molar-refractivity contribution in [3.05, 3.63) is 94.1 Å². The molecule has 0 saturated heterocycles. The smallest absolute Gasteiger partial charge is 0.0143 e. The second-order valence-corrected chi connectivity index (χ2v) is 11.0. The monoisotopic (exact) mass is 400 g/mol. The predicted octanol–water partition coefficient (Wildman–Crippen LogP) is 8.58. The maximum absolute atomic E-state index is 2.49. The number of benzene rings is 1. The number of aryl methyl sites for hydroxylation is 2. The second-order valence-electron chi connectivity index (χ2n) is 11.0. The van der Waals surface area contributed by atoms with E-state index in [2.05, 4.69) is 123 Å². The van der Waals surface area contributed by atoms with Crippen LogP contribution in [-0.4, -0.2) is 0 Å². The first-order chi connectivity index (χ1) is 13.9. The molecule has 0 bridgehead atoms. The van der Waals surface area contributed by atoms with Crippen LogP contribution in [0.15, 0.2) is 77.5 Å². The van der Waals surface area contributed by atoms with Crippen molar-refractivity contribution in [2.45, 2.75) is 74.1 Å². The van der Waals surface area contributed by atoms with E-state index < -0.39 is 0 Å². The summed E-state index contributed by atoms with van der Waals surface area (Å²) in [6.07, 6.45) is 17.7. The van der Waals surface area contributed by atoms with Gasteiger partial charge in [-0.2, -0.15) is 0 Å². The molecule has 1 unspecified atom stereocenters. The molecule has 0 N–H and O–H groups in total. The van der Waals surface area contributed by atoms with Gasteiger partial charge in [-0.3, -0.25) is 0 Å². The predicted molar refractivity (Wildman–Crippen MR) is 133 cm³/mol. The Balaban J connectivity index is 1.96. The minimum Gasteiger partial charge on any atom is -0.0806 e. The van der Waals surface area contributed by atoms with Crippen molar-refractivity contribution in [2.75, 3.05) is 0 Å². The molecule has 1 atom stereocenters. The first-order valence-corrected chi connectivity index (χ1v) is 11.4. The van der Waals surface area contributed by atoms with Gasteiger partial charge in [0.2, 0.25) is 0 Å². The highest BCUT2D eigenvalue weighted by molar-refractivity contribution is 5.48. The van der Waals surface area contributed by atoms with E-state index in [-0.39, 0.29) is 16.2 Å². The Morgan fingerprint density at radius 2 is 1.57 bits per heavy atom. The van der Waals surface area contributed by atoms with Crippen LogP contribution < -0.4 is 0 Å². The molecule has 160 valence electrons. The van der Waals surface area contributed by atoms with Crippen molar-refractivity contribution in [1.29, 1.82) is 0 Å². The lowest BCUT2D eigenvalue weighted by Crippen LogP contribution is -2.25. The summed E-state index contributed by atoms with van der Waals surface area (Å²) >= 11 is 0. The third-order valence-electron chi connectivity index (χ3n) is 7.84. The van der Waals surface area contributed by atoms with Crippen molar-refractivity contribution in [3.8, 4) is 0 Å². The quantitative estimate of drug-likeness (QED) is 0.474. The fraction of sp³-hybridized carbons (Fsp3) is 0.467. The molecule has 1 aromatic carbocycles. The summed E-state index contributed by atoms with van der Waals surface area (Å²) in [4.78, 5) is 0. The molecule has 3 rings (SSSR count). The second kappa shape index (κ2) is 7.88. The van der Waals surface area contributed by atoms with Crippen molar-refractivity contribution < 1.29 is 0 Å². The van der Waals surface area contributed by atoms with Crippen LogP contribution in [0.3, 0.4) is 0 Å². The first kappa shape index (κ1) is 22.6. The largest absolute Gasteiger partial charge is 0.0806 e. The summed E-state index contributed by atoms with van der Waals surface area (Å²) in [7, 11) is 0. The molecule has 0 heteroatoms. The topological polar surface area (TPSA) is 0 Å². The van der Waals surface area contributed by atoms with Crippen molar-refractivity contribution >= 4 is 0 Å². The van der Waals surface area contributed by atoms with Gasteiger partial charge < -0.3 is 0 Å². The van der Waals surface area contributed by atoms with E-state index in [4.69, 9.17) is 0 Å². The van der Waals surface area contributed by atoms with E-state index >= 15 is 0 Å². The van der Waals surface area contributed by atoms with Gasteiger partial charge in [-0.15, -0.1) is 0 Å². The van der Waals surface area contributed by atoms with Gasteiger partial charge in [-0.05, 0) is 59.4 Å². The normalized spacial score (nSPS) is 21.6. The zero-order valence-corrected chi connectivity index (χ0v) is 20.6. The Bertz CT molecular complexity index is 967. The van der Waals surface area contributed by atoms with Crippen LogP contribution in [0.5, 0.6) is 0 Å². The van der Waals surface area contributed by atoms with Gasteiger partial charge in [0.15, 0.2) is 0 Å². The lowest BCUT2D eigenvalue weighted by Gasteiger charge is -2.37. The van der Waals surface area contributed by atoms with Crippen molar-refractivity contribution in [3.63, 3.8) is 0 Å². The fourth-order valence-corrected chi connectivity index (χ4v) is 4.45. The molecule has 0 saturated carbocycles. The molecule has 0 spiro atoms. The van der Waals surface area contributed by atoms with E-state index in [9.17, 15) is 0 Å². The highest BCUT2D eigenvalue weighted by Gasteiger charge is 2.33. The van der Waals surface area contributed by atoms with Crippen LogP contribution in [0.1, 0.15) is 71.6 Å². The summed E-state index contributed by atoms with van der Waals surface area (Å²) in [6.45, 7) is 20.8. The van der Waals surface area contributed by atoms with Gasteiger partial charge >= 0.3 is 0 Å². The lowest BCUT2D eigenvalue weighted by atomic mass is 9.68. The Labute approximate surface area is 185 Å². The number of hydrogen-bond donors (Lipinski definition) is 0. The van der Waals surface area contributed by atoms with Gasteiger partial charge in [0.05, 0.1) is 0 Å². The molecule has 0 radical (unpaired) electrons. The molecular formula is C30H40. The standard InChI is InChI=1S/C30H40/c1-21-13-15-26(19-22(21)2)29(6,7)24-11-10-12-25(18-17-24)30(8,9)27-16-14-23(3)28(4,5)20-27/h10,12-20,23H,11H2,1-9H3. The maximum Gasteiger partial charge on any atom is 0.0143 e. The molecule has 0 aromatic heterocycles. The van der Waals surface area contributed by atoms with E-state index in [0.29, 0.717) is 5.92 Å². The van der Waals surface area contributed by atoms with Crippen LogP contribution in [0.4, 0.5) is 0 Å². The van der Waals surface area contributed by atoms with Crippen LogP contribution >= 0.6 is 0 Å². The van der Waals surface area contributed by atoms with Crippen molar-refractivity contribution in [1.82, 2.24) is 0 Å².